The zero-order chi connectivity index (χ0) is 11.8. The summed E-state index contributed by atoms with van der Waals surface area (Å²) >= 11 is 0. The third-order valence-electron chi connectivity index (χ3n) is 2.96. The van der Waals surface area contributed by atoms with Crippen LogP contribution in [0, 0.1) is 0 Å². The second kappa shape index (κ2) is 7.52. The molecular weight excluding hydrogens is 184 g/mol. The molecule has 0 saturated heterocycles. The lowest BCUT2D eigenvalue weighted by atomic mass is 10.1. The number of nitrogens with zero attached hydrogens (tertiary/aromatic N) is 2. The van der Waals surface area contributed by atoms with Crippen LogP contribution in [0.15, 0.2) is 24.4 Å². The molecule has 88 valence electrons. The maximum absolute atomic E-state index is 3.76. The van der Waals surface area contributed by atoms with Gasteiger partial charge < -0.3 is 9.80 Å². The summed E-state index contributed by atoms with van der Waals surface area (Å²) in [4.78, 5) is 4.67. The third kappa shape index (κ3) is 5.03. The maximum atomic E-state index is 3.76. The summed E-state index contributed by atoms with van der Waals surface area (Å²) in [6, 6.07) is 0.589. The van der Waals surface area contributed by atoms with Gasteiger partial charge >= 0.3 is 0 Å². The molecule has 0 aromatic rings. The van der Waals surface area contributed by atoms with Crippen LogP contribution in [-0.2, 0) is 0 Å². The van der Waals surface area contributed by atoms with Crippen LogP contribution in [0.2, 0.25) is 0 Å². The average Bonchev–Trinajstić information content (AvgIpc) is 2.24. The molecule has 1 atom stereocenters. The van der Waals surface area contributed by atoms with Gasteiger partial charge in [0.05, 0.1) is 0 Å². The molecule has 2 heteroatoms. The second-order valence-electron chi connectivity index (χ2n) is 4.11. The molecule has 0 spiro atoms. The van der Waals surface area contributed by atoms with Crippen LogP contribution in [0.1, 0.15) is 27.2 Å². The van der Waals surface area contributed by atoms with Crippen LogP contribution >= 0.6 is 0 Å². The highest BCUT2D eigenvalue weighted by molar-refractivity contribution is 4.97. The molecule has 0 N–H and O–H groups in total. The number of hydrogen-bond donors (Lipinski definition) is 0. The van der Waals surface area contributed by atoms with E-state index in [1.165, 1.54) is 12.1 Å². The van der Waals surface area contributed by atoms with E-state index in [0.717, 1.165) is 13.1 Å². The van der Waals surface area contributed by atoms with E-state index in [4.69, 9.17) is 0 Å². The maximum Gasteiger partial charge on any atom is 0.0408 e. The fraction of sp³-hybridized carbons (Fsp3) is 0.692. The summed E-state index contributed by atoms with van der Waals surface area (Å²) in [5.74, 6) is 0. The lowest BCUT2D eigenvalue weighted by Gasteiger charge is -2.32. The minimum absolute atomic E-state index is 0.589. The van der Waals surface area contributed by atoms with E-state index in [9.17, 15) is 0 Å². The molecule has 0 aromatic carbocycles. The van der Waals surface area contributed by atoms with Gasteiger partial charge in [0.2, 0.25) is 0 Å². The Labute approximate surface area is 95.3 Å². The van der Waals surface area contributed by atoms with Crippen molar-refractivity contribution in [3.05, 3.63) is 24.4 Å². The molecule has 1 unspecified atom stereocenters. The summed E-state index contributed by atoms with van der Waals surface area (Å²) in [6.45, 7) is 12.3. The van der Waals surface area contributed by atoms with Gasteiger partial charge in [-0.1, -0.05) is 19.1 Å². The van der Waals surface area contributed by atoms with Gasteiger partial charge in [-0.2, -0.15) is 0 Å². The molecule has 0 bridgehead atoms. The van der Waals surface area contributed by atoms with Crippen molar-refractivity contribution < 1.29 is 0 Å². The van der Waals surface area contributed by atoms with Gasteiger partial charge in [-0.05, 0) is 27.3 Å². The topological polar surface area (TPSA) is 6.48 Å². The highest BCUT2D eigenvalue weighted by Gasteiger charge is 2.14. The van der Waals surface area contributed by atoms with E-state index in [2.05, 4.69) is 57.3 Å². The Morgan fingerprint density at radius 3 is 2.40 bits per heavy atom. The normalized spacial score (nSPS) is 14.1. The van der Waals surface area contributed by atoms with E-state index in [1.54, 1.807) is 0 Å². The molecule has 0 rings (SSSR count). The quantitative estimate of drug-likeness (QED) is 0.596. The predicted octanol–water partition coefficient (Wildman–Crippen LogP) is 2.74. The van der Waals surface area contributed by atoms with E-state index in [1.807, 2.05) is 6.08 Å². The summed E-state index contributed by atoms with van der Waals surface area (Å²) in [5, 5.41) is 0. The molecule has 0 aliphatic carbocycles. The fourth-order valence-electron chi connectivity index (χ4n) is 1.67. The summed E-state index contributed by atoms with van der Waals surface area (Å²) < 4.78 is 0. The number of likely N-dealkylation sites (N-methyl/N-ethyl adjacent to an activating group) is 2. The molecule has 2 nitrogen and oxygen atoms in total. The van der Waals surface area contributed by atoms with Gasteiger partial charge in [-0.25, -0.2) is 0 Å². The van der Waals surface area contributed by atoms with Crippen LogP contribution in [0.5, 0.6) is 0 Å². The van der Waals surface area contributed by atoms with Crippen molar-refractivity contribution in [2.75, 3.05) is 27.2 Å². The molecule has 0 aliphatic heterocycles. The molecule has 0 amide bonds. The Morgan fingerprint density at radius 1 is 1.40 bits per heavy atom. The Kier molecular flexibility index (Phi) is 7.14. The van der Waals surface area contributed by atoms with Crippen molar-refractivity contribution in [1.82, 2.24) is 9.80 Å². The van der Waals surface area contributed by atoms with Gasteiger partial charge in [-0.3, -0.25) is 0 Å². The van der Waals surface area contributed by atoms with E-state index < -0.39 is 0 Å². The van der Waals surface area contributed by atoms with Crippen LogP contribution in [0.3, 0.4) is 0 Å². The minimum Gasteiger partial charge on any atom is -0.374 e. The molecule has 0 aromatic heterocycles. The summed E-state index contributed by atoms with van der Waals surface area (Å²) in [6.07, 6.45) is 5.29. The SMILES string of the molecule is C=CCN(C)CC(CC)N(C)/C(C)=C\C. The van der Waals surface area contributed by atoms with E-state index in [-0.39, 0.29) is 0 Å². The summed E-state index contributed by atoms with van der Waals surface area (Å²) in [5.41, 5.74) is 1.34. The van der Waals surface area contributed by atoms with Crippen LogP contribution in [-0.4, -0.2) is 43.0 Å². The van der Waals surface area contributed by atoms with Crippen LogP contribution < -0.4 is 0 Å². The first kappa shape index (κ1) is 14.2. The highest BCUT2D eigenvalue weighted by atomic mass is 15.2. The molecule has 0 fully saturated rings. The fourth-order valence-corrected chi connectivity index (χ4v) is 1.67. The Hall–Kier alpha value is -0.760. The van der Waals surface area contributed by atoms with Crippen molar-refractivity contribution in [1.29, 1.82) is 0 Å². The molecule has 0 radical (unpaired) electrons. The third-order valence-corrected chi connectivity index (χ3v) is 2.96. The van der Waals surface area contributed by atoms with Gasteiger partial charge in [0.1, 0.15) is 0 Å². The van der Waals surface area contributed by atoms with E-state index >= 15 is 0 Å². The number of allylic oxidation sites excluding steroid dienone is 2. The smallest absolute Gasteiger partial charge is 0.0408 e. The zero-order valence-electron chi connectivity index (χ0n) is 11.0. The molecule has 0 saturated carbocycles. The molecular formula is C13H26N2. The Morgan fingerprint density at radius 2 is 2.00 bits per heavy atom. The standard InChI is InChI=1S/C13H26N2/c1-7-10-14(5)11-13(9-3)15(6)12(4)8-2/h7-8,13H,1,9-11H2,2-6H3/b12-8-. The predicted molar refractivity (Wildman–Crippen MR) is 69.0 cm³/mol. The molecule has 0 heterocycles. The van der Waals surface area contributed by atoms with Crippen LogP contribution in [0.4, 0.5) is 0 Å². The molecule has 0 aliphatic rings. The van der Waals surface area contributed by atoms with Crippen LogP contribution in [0.25, 0.3) is 0 Å². The van der Waals surface area contributed by atoms with Crippen molar-refractivity contribution >= 4 is 0 Å². The van der Waals surface area contributed by atoms with Gasteiger partial charge in [0, 0.05) is 31.9 Å². The average molecular weight is 210 g/mol. The minimum atomic E-state index is 0.589. The van der Waals surface area contributed by atoms with Crippen molar-refractivity contribution in [3.8, 4) is 0 Å². The summed E-state index contributed by atoms with van der Waals surface area (Å²) in [7, 11) is 4.31. The Bertz CT molecular complexity index is 209. The van der Waals surface area contributed by atoms with Gasteiger partial charge in [-0.15, -0.1) is 6.58 Å². The first-order chi connectivity index (χ1) is 7.06. The zero-order valence-corrected chi connectivity index (χ0v) is 11.0. The second-order valence-corrected chi connectivity index (χ2v) is 4.11. The largest absolute Gasteiger partial charge is 0.374 e. The lowest BCUT2D eigenvalue weighted by Crippen LogP contribution is -2.39. The number of hydrogen-bond acceptors (Lipinski definition) is 2. The highest BCUT2D eigenvalue weighted by Crippen LogP contribution is 2.10. The van der Waals surface area contributed by atoms with Gasteiger partial charge in [0.25, 0.3) is 0 Å². The van der Waals surface area contributed by atoms with Gasteiger partial charge in [0.15, 0.2) is 0 Å². The molecule has 15 heavy (non-hydrogen) atoms. The van der Waals surface area contributed by atoms with E-state index in [0.29, 0.717) is 6.04 Å². The van der Waals surface area contributed by atoms with Crippen molar-refractivity contribution in [3.63, 3.8) is 0 Å². The lowest BCUT2D eigenvalue weighted by molar-refractivity contribution is 0.219. The Balaban J connectivity index is 4.29. The monoisotopic (exact) mass is 210 g/mol. The number of rotatable bonds is 7. The first-order valence-corrected chi connectivity index (χ1v) is 5.71. The van der Waals surface area contributed by atoms with Crippen molar-refractivity contribution in [2.24, 2.45) is 0 Å². The van der Waals surface area contributed by atoms with Crippen molar-refractivity contribution in [2.45, 2.75) is 33.2 Å². The first-order valence-electron chi connectivity index (χ1n) is 5.71.